The summed E-state index contributed by atoms with van der Waals surface area (Å²) in [5.74, 6) is 0.757. The molecule has 1 unspecified atom stereocenters. The zero-order valence-corrected chi connectivity index (χ0v) is 9.90. The van der Waals surface area contributed by atoms with Crippen molar-refractivity contribution in [3.8, 4) is 5.75 Å². The highest BCUT2D eigenvalue weighted by molar-refractivity contribution is 6.33. The van der Waals surface area contributed by atoms with Gasteiger partial charge in [0, 0.05) is 11.6 Å². The second-order valence-electron chi connectivity index (χ2n) is 4.09. The molecule has 0 bridgehead atoms. The van der Waals surface area contributed by atoms with Crippen molar-refractivity contribution in [1.29, 1.82) is 0 Å². The number of halogens is 1. The van der Waals surface area contributed by atoms with E-state index in [1.54, 1.807) is 7.11 Å². The molecule has 1 aliphatic carbocycles. The molecule has 3 heteroatoms. The lowest BCUT2D eigenvalue weighted by atomic mass is 10.0. The average Bonchev–Trinajstić information content (AvgIpc) is 2.65. The predicted molar refractivity (Wildman–Crippen MR) is 62.6 cm³/mol. The zero-order valence-electron chi connectivity index (χ0n) is 9.14. The van der Waals surface area contributed by atoms with Crippen LogP contribution in [0.3, 0.4) is 0 Å². The summed E-state index contributed by atoms with van der Waals surface area (Å²) >= 11 is 6.32. The van der Waals surface area contributed by atoms with E-state index in [0.717, 1.165) is 29.2 Å². The minimum absolute atomic E-state index is 0.0386. The van der Waals surface area contributed by atoms with Crippen LogP contribution in [0, 0.1) is 0 Å². The maximum absolute atomic E-state index is 6.32. The molecule has 2 nitrogen and oxygen atoms in total. The molecule has 1 aliphatic rings. The van der Waals surface area contributed by atoms with E-state index >= 15 is 0 Å². The molecule has 0 radical (unpaired) electrons. The summed E-state index contributed by atoms with van der Waals surface area (Å²) < 4.78 is 5.35. The van der Waals surface area contributed by atoms with Crippen LogP contribution in [0.25, 0.3) is 0 Å². The van der Waals surface area contributed by atoms with Crippen LogP contribution in [0.4, 0.5) is 0 Å². The number of benzene rings is 1. The van der Waals surface area contributed by atoms with Crippen LogP contribution in [-0.2, 0) is 12.8 Å². The number of ether oxygens (including phenoxy) is 1. The van der Waals surface area contributed by atoms with Crippen molar-refractivity contribution in [3.05, 3.63) is 27.8 Å². The van der Waals surface area contributed by atoms with E-state index in [0.29, 0.717) is 0 Å². The molecule has 0 saturated heterocycles. The first-order valence-corrected chi connectivity index (χ1v) is 5.66. The normalized spacial score (nSPS) is 16.3. The van der Waals surface area contributed by atoms with E-state index < -0.39 is 0 Å². The van der Waals surface area contributed by atoms with Crippen LogP contribution in [0.2, 0.25) is 5.02 Å². The quantitative estimate of drug-likeness (QED) is 0.840. The second kappa shape index (κ2) is 4.03. The van der Waals surface area contributed by atoms with Crippen molar-refractivity contribution < 1.29 is 4.74 Å². The van der Waals surface area contributed by atoms with Gasteiger partial charge in [-0.2, -0.15) is 0 Å². The van der Waals surface area contributed by atoms with E-state index in [1.807, 2.05) is 6.92 Å². The minimum Gasteiger partial charge on any atom is -0.495 e. The van der Waals surface area contributed by atoms with E-state index in [-0.39, 0.29) is 6.04 Å². The van der Waals surface area contributed by atoms with E-state index in [4.69, 9.17) is 22.1 Å². The van der Waals surface area contributed by atoms with Crippen LogP contribution in [-0.4, -0.2) is 7.11 Å². The van der Waals surface area contributed by atoms with Crippen molar-refractivity contribution in [2.75, 3.05) is 7.11 Å². The van der Waals surface area contributed by atoms with Gasteiger partial charge in [0.25, 0.3) is 0 Å². The maximum Gasteiger partial charge on any atom is 0.142 e. The highest BCUT2D eigenvalue weighted by atomic mass is 35.5. The van der Waals surface area contributed by atoms with Gasteiger partial charge in [0.15, 0.2) is 0 Å². The first-order valence-electron chi connectivity index (χ1n) is 5.29. The summed E-state index contributed by atoms with van der Waals surface area (Å²) in [5, 5.41) is 0.764. The van der Waals surface area contributed by atoms with Gasteiger partial charge in [-0.3, -0.25) is 0 Å². The Hall–Kier alpha value is -0.730. The third kappa shape index (κ3) is 1.72. The first kappa shape index (κ1) is 10.8. The van der Waals surface area contributed by atoms with Gasteiger partial charge in [-0.25, -0.2) is 0 Å². The molecule has 0 saturated carbocycles. The smallest absolute Gasteiger partial charge is 0.142 e. The average molecular weight is 226 g/mol. The Kier molecular flexibility index (Phi) is 2.89. The Morgan fingerprint density at radius 3 is 2.80 bits per heavy atom. The SMILES string of the molecule is COc1c(C(C)N)cc2c(c1Cl)CCC2. The fourth-order valence-corrected chi connectivity index (χ4v) is 2.64. The Labute approximate surface area is 95.4 Å². The molecule has 1 aromatic rings. The number of aryl methyl sites for hydroxylation is 1. The topological polar surface area (TPSA) is 35.2 Å². The predicted octanol–water partition coefficient (Wildman–Crippen LogP) is 2.86. The summed E-state index contributed by atoms with van der Waals surface area (Å²) in [6.45, 7) is 1.95. The van der Waals surface area contributed by atoms with E-state index in [1.165, 1.54) is 17.5 Å². The fourth-order valence-electron chi connectivity index (χ4n) is 2.24. The molecule has 82 valence electrons. The van der Waals surface area contributed by atoms with Gasteiger partial charge in [0.2, 0.25) is 0 Å². The highest BCUT2D eigenvalue weighted by Gasteiger charge is 2.22. The molecular weight excluding hydrogens is 210 g/mol. The zero-order chi connectivity index (χ0) is 11.0. The van der Waals surface area contributed by atoms with Gasteiger partial charge in [0.1, 0.15) is 5.75 Å². The van der Waals surface area contributed by atoms with Crippen molar-refractivity contribution in [2.24, 2.45) is 5.73 Å². The van der Waals surface area contributed by atoms with Crippen LogP contribution >= 0.6 is 11.6 Å². The monoisotopic (exact) mass is 225 g/mol. The molecule has 2 rings (SSSR count). The van der Waals surface area contributed by atoms with Crippen LogP contribution in [0.15, 0.2) is 6.07 Å². The van der Waals surface area contributed by atoms with Gasteiger partial charge < -0.3 is 10.5 Å². The standard InChI is InChI=1S/C12H16ClNO/c1-7(14)10-6-8-4-3-5-9(8)11(13)12(10)15-2/h6-7H,3-5,14H2,1-2H3. The molecule has 0 aliphatic heterocycles. The number of hydrogen-bond donors (Lipinski definition) is 1. The number of fused-ring (bicyclic) bond motifs is 1. The van der Waals surface area contributed by atoms with Crippen LogP contribution in [0.5, 0.6) is 5.75 Å². The number of rotatable bonds is 2. The Morgan fingerprint density at radius 1 is 1.47 bits per heavy atom. The number of nitrogens with two attached hydrogens (primary N) is 1. The van der Waals surface area contributed by atoms with Gasteiger partial charge in [-0.05, 0) is 37.3 Å². The second-order valence-corrected chi connectivity index (χ2v) is 4.47. The summed E-state index contributed by atoms with van der Waals surface area (Å²) in [6, 6.07) is 2.11. The first-order chi connectivity index (χ1) is 7.15. The lowest BCUT2D eigenvalue weighted by Crippen LogP contribution is -2.08. The Balaban J connectivity index is 2.61. The molecule has 0 aromatic heterocycles. The van der Waals surface area contributed by atoms with E-state index in [2.05, 4.69) is 6.07 Å². The Morgan fingerprint density at radius 2 is 2.20 bits per heavy atom. The van der Waals surface area contributed by atoms with Gasteiger partial charge in [0.05, 0.1) is 12.1 Å². The van der Waals surface area contributed by atoms with Crippen LogP contribution < -0.4 is 10.5 Å². The molecule has 0 amide bonds. The Bertz CT molecular complexity index is 388. The number of methoxy groups -OCH3 is 1. The lowest BCUT2D eigenvalue weighted by molar-refractivity contribution is 0.406. The summed E-state index contributed by atoms with van der Waals surface area (Å²) in [5.41, 5.74) is 9.52. The van der Waals surface area contributed by atoms with Crippen LogP contribution in [0.1, 0.15) is 36.1 Å². The van der Waals surface area contributed by atoms with Crippen molar-refractivity contribution >= 4 is 11.6 Å². The third-order valence-corrected chi connectivity index (χ3v) is 3.41. The molecule has 15 heavy (non-hydrogen) atoms. The molecule has 1 aromatic carbocycles. The fraction of sp³-hybridized carbons (Fsp3) is 0.500. The molecule has 2 N–H and O–H groups in total. The highest BCUT2D eigenvalue weighted by Crippen LogP contribution is 2.40. The minimum atomic E-state index is -0.0386. The molecular formula is C12H16ClNO. The van der Waals surface area contributed by atoms with Crippen molar-refractivity contribution in [2.45, 2.75) is 32.2 Å². The summed E-state index contributed by atoms with van der Waals surface area (Å²) in [4.78, 5) is 0. The number of hydrogen-bond acceptors (Lipinski definition) is 2. The third-order valence-electron chi connectivity index (χ3n) is 3.01. The van der Waals surface area contributed by atoms with Gasteiger partial charge >= 0.3 is 0 Å². The summed E-state index contributed by atoms with van der Waals surface area (Å²) in [6.07, 6.45) is 3.35. The van der Waals surface area contributed by atoms with E-state index in [9.17, 15) is 0 Å². The van der Waals surface area contributed by atoms with Crippen molar-refractivity contribution in [3.63, 3.8) is 0 Å². The van der Waals surface area contributed by atoms with Crippen molar-refractivity contribution in [1.82, 2.24) is 0 Å². The largest absolute Gasteiger partial charge is 0.495 e. The molecule has 0 heterocycles. The molecule has 0 spiro atoms. The lowest BCUT2D eigenvalue weighted by Gasteiger charge is -2.16. The molecule has 0 fully saturated rings. The maximum atomic E-state index is 6.32. The molecule has 1 atom stereocenters. The van der Waals surface area contributed by atoms with Gasteiger partial charge in [-0.15, -0.1) is 0 Å². The summed E-state index contributed by atoms with van der Waals surface area (Å²) in [7, 11) is 1.65. The van der Waals surface area contributed by atoms with Gasteiger partial charge in [-0.1, -0.05) is 17.7 Å².